The molecule has 0 amide bonds. The Labute approximate surface area is 190 Å². The Bertz CT molecular complexity index is 1090. The predicted molar refractivity (Wildman–Crippen MR) is 132 cm³/mol. The van der Waals surface area contributed by atoms with Crippen LogP contribution in [0.1, 0.15) is 42.5 Å². The molecule has 2 nitrogen and oxygen atoms in total. The molecule has 2 aromatic carbocycles. The van der Waals surface area contributed by atoms with Gasteiger partial charge in [-0.2, -0.15) is 0 Å². The average molecular weight is 433 g/mol. The lowest BCUT2D eigenvalue weighted by Crippen LogP contribution is -1.89. The molecule has 4 rings (SSSR count). The number of aromatic nitrogens is 1. The van der Waals surface area contributed by atoms with Crippen LogP contribution in [0.3, 0.4) is 0 Å². The summed E-state index contributed by atoms with van der Waals surface area (Å²) >= 11 is 0. The van der Waals surface area contributed by atoms with E-state index in [1.807, 2.05) is 45.3 Å². The summed E-state index contributed by atoms with van der Waals surface area (Å²) in [5, 5.41) is 0. The van der Waals surface area contributed by atoms with Crippen LogP contribution < -0.4 is 0 Å². The van der Waals surface area contributed by atoms with E-state index < -0.39 is 11.7 Å². The molecule has 0 bridgehead atoms. The van der Waals surface area contributed by atoms with Crippen LogP contribution in [0.4, 0.5) is 8.78 Å². The van der Waals surface area contributed by atoms with Crippen LogP contribution in [0.2, 0.25) is 0 Å². The molecular formula is C28H30F2N2. The van der Waals surface area contributed by atoms with Gasteiger partial charge in [-0.1, -0.05) is 73.5 Å². The van der Waals surface area contributed by atoms with E-state index in [0.29, 0.717) is 11.1 Å². The molecule has 0 saturated carbocycles. The summed E-state index contributed by atoms with van der Waals surface area (Å²) in [7, 11) is 0. The van der Waals surface area contributed by atoms with Crippen LogP contribution in [0, 0.1) is 20.8 Å². The molecule has 4 heteroatoms. The van der Waals surface area contributed by atoms with Gasteiger partial charge < -0.3 is 0 Å². The van der Waals surface area contributed by atoms with Gasteiger partial charge in [-0.25, -0.2) is 8.78 Å². The van der Waals surface area contributed by atoms with Crippen molar-refractivity contribution in [1.29, 1.82) is 0 Å². The molecule has 1 aromatic heterocycles. The van der Waals surface area contributed by atoms with Crippen molar-refractivity contribution in [2.45, 2.75) is 41.0 Å². The number of halogens is 2. The molecule has 166 valence electrons. The second-order valence-electron chi connectivity index (χ2n) is 7.28. The number of pyridine rings is 1. The summed E-state index contributed by atoms with van der Waals surface area (Å²) in [6.45, 7) is 10.1. The third-order valence-electron chi connectivity index (χ3n) is 4.82. The summed E-state index contributed by atoms with van der Waals surface area (Å²) in [6, 6.07) is 18.0. The molecule has 32 heavy (non-hydrogen) atoms. The van der Waals surface area contributed by atoms with E-state index in [9.17, 15) is 8.78 Å². The first-order valence-corrected chi connectivity index (χ1v) is 10.7. The van der Waals surface area contributed by atoms with Crippen molar-refractivity contribution in [3.8, 4) is 11.1 Å². The highest BCUT2D eigenvalue weighted by molar-refractivity contribution is 5.90. The van der Waals surface area contributed by atoms with Crippen molar-refractivity contribution < 1.29 is 8.78 Å². The molecule has 0 saturated heterocycles. The zero-order valence-electron chi connectivity index (χ0n) is 19.4. The summed E-state index contributed by atoms with van der Waals surface area (Å²) in [6.07, 6.45) is 5.77. The molecule has 0 spiro atoms. The molecular weight excluding hydrogens is 402 g/mol. The average Bonchev–Trinajstić information content (AvgIpc) is 2.97. The second kappa shape index (κ2) is 12.5. The first-order valence-electron chi connectivity index (χ1n) is 10.7. The highest BCUT2D eigenvalue weighted by Crippen LogP contribution is 2.28. The van der Waals surface area contributed by atoms with Crippen molar-refractivity contribution in [2.75, 3.05) is 0 Å². The number of hydrogen-bond acceptors (Lipinski definition) is 2. The number of allylic oxidation sites excluding steroid dienone is 3. The molecule has 0 unspecified atom stereocenters. The minimum atomic E-state index is -0.479. The fourth-order valence-corrected chi connectivity index (χ4v) is 3.09. The quantitative estimate of drug-likeness (QED) is 0.399. The van der Waals surface area contributed by atoms with Gasteiger partial charge in [0, 0.05) is 24.4 Å². The number of aliphatic imine (C=N–C) groups is 1. The van der Waals surface area contributed by atoms with Crippen molar-refractivity contribution in [3.63, 3.8) is 0 Å². The molecule has 1 aliphatic heterocycles. The van der Waals surface area contributed by atoms with Gasteiger partial charge in [-0.05, 0) is 49.1 Å². The number of aryl methyl sites for hydroxylation is 3. The molecule has 0 aliphatic carbocycles. The van der Waals surface area contributed by atoms with Gasteiger partial charge in [-0.15, -0.1) is 0 Å². The maximum atomic E-state index is 13.6. The van der Waals surface area contributed by atoms with Gasteiger partial charge in [0.1, 0.15) is 11.7 Å². The van der Waals surface area contributed by atoms with Gasteiger partial charge in [-0.3, -0.25) is 9.98 Å². The van der Waals surface area contributed by atoms with E-state index in [1.54, 1.807) is 12.1 Å². The zero-order chi connectivity index (χ0) is 23.5. The molecule has 3 aromatic rings. The van der Waals surface area contributed by atoms with Crippen LogP contribution in [0.25, 0.3) is 16.7 Å². The van der Waals surface area contributed by atoms with Crippen molar-refractivity contribution in [2.24, 2.45) is 4.99 Å². The molecule has 0 fully saturated rings. The van der Waals surface area contributed by atoms with Crippen molar-refractivity contribution in [3.05, 3.63) is 107 Å². The van der Waals surface area contributed by atoms with Crippen molar-refractivity contribution in [1.82, 2.24) is 4.98 Å². The number of nitrogens with zero attached hydrogens (tertiary/aromatic N) is 2. The standard InChI is InChI=1S/C13H11F2N.C13H13N.C2H6/c1-9-2-4-10(5-3-9)12-6-11(14)7-16-8-13(12)15;1-10-3-5-12(6-4-10)13-7-8-14-9-11(13)2;1-2/h2-5,7-8H,6H2,1H3;3-9H,1-2H3;1-2H3. The van der Waals surface area contributed by atoms with E-state index in [4.69, 9.17) is 0 Å². The molecule has 0 atom stereocenters. The Morgan fingerprint density at radius 2 is 1.31 bits per heavy atom. The maximum absolute atomic E-state index is 13.6. The summed E-state index contributed by atoms with van der Waals surface area (Å²) in [5.41, 5.74) is 7.16. The molecule has 1 aliphatic rings. The van der Waals surface area contributed by atoms with Gasteiger partial charge >= 0.3 is 0 Å². The Morgan fingerprint density at radius 3 is 1.88 bits per heavy atom. The minimum Gasteiger partial charge on any atom is -0.264 e. The lowest BCUT2D eigenvalue weighted by Gasteiger charge is -2.06. The Balaban J connectivity index is 0.000000212. The molecule has 2 heterocycles. The maximum Gasteiger partial charge on any atom is 0.145 e. The van der Waals surface area contributed by atoms with E-state index in [1.165, 1.54) is 22.3 Å². The van der Waals surface area contributed by atoms with Crippen LogP contribution in [0.15, 0.2) is 89.8 Å². The van der Waals surface area contributed by atoms with E-state index >= 15 is 0 Å². The smallest absolute Gasteiger partial charge is 0.145 e. The number of rotatable bonds is 2. The van der Waals surface area contributed by atoms with Crippen LogP contribution in [-0.4, -0.2) is 11.2 Å². The van der Waals surface area contributed by atoms with Gasteiger partial charge in [0.15, 0.2) is 0 Å². The highest BCUT2D eigenvalue weighted by Gasteiger charge is 2.12. The normalized spacial score (nSPS) is 12.7. The second-order valence-corrected chi connectivity index (χ2v) is 7.28. The predicted octanol–water partition coefficient (Wildman–Crippen LogP) is 8.35. The van der Waals surface area contributed by atoms with E-state index in [0.717, 1.165) is 18.0 Å². The number of hydrogen-bond donors (Lipinski definition) is 0. The third kappa shape index (κ3) is 7.09. The van der Waals surface area contributed by atoms with Gasteiger partial charge in [0.05, 0.1) is 12.4 Å². The lowest BCUT2D eigenvalue weighted by atomic mass is 10.0. The first-order chi connectivity index (χ1) is 15.4. The summed E-state index contributed by atoms with van der Waals surface area (Å²) in [5.74, 6) is -0.910. The highest BCUT2D eigenvalue weighted by atomic mass is 19.1. The number of benzene rings is 2. The lowest BCUT2D eigenvalue weighted by molar-refractivity contribution is 0.614. The molecule has 0 radical (unpaired) electrons. The third-order valence-corrected chi connectivity index (χ3v) is 4.82. The molecule has 0 N–H and O–H groups in total. The Hall–Kier alpha value is -3.40. The van der Waals surface area contributed by atoms with Crippen LogP contribution >= 0.6 is 0 Å². The zero-order valence-corrected chi connectivity index (χ0v) is 19.4. The first kappa shape index (κ1) is 24.9. The van der Waals surface area contributed by atoms with Crippen molar-refractivity contribution >= 4 is 11.8 Å². The van der Waals surface area contributed by atoms with Crippen LogP contribution in [0.5, 0.6) is 0 Å². The summed E-state index contributed by atoms with van der Waals surface area (Å²) < 4.78 is 26.8. The van der Waals surface area contributed by atoms with Gasteiger partial charge in [0.2, 0.25) is 0 Å². The Morgan fingerprint density at radius 1 is 0.750 bits per heavy atom. The monoisotopic (exact) mass is 432 g/mol. The minimum absolute atomic E-state index is 0.0467. The fraction of sp³-hybridized carbons (Fsp3) is 0.214. The van der Waals surface area contributed by atoms with Crippen LogP contribution in [-0.2, 0) is 0 Å². The summed E-state index contributed by atoms with van der Waals surface area (Å²) in [4.78, 5) is 7.62. The SMILES string of the molecule is CC.Cc1ccc(-c2ccncc2C)cc1.Cc1ccc(C2=C(F)C=NC=C(F)C2)cc1. The topological polar surface area (TPSA) is 25.2 Å². The fourth-order valence-electron chi connectivity index (χ4n) is 3.09. The Kier molecular flexibility index (Phi) is 9.68. The van der Waals surface area contributed by atoms with E-state index in [-0.39, 0.29) is 6.42 Å². The largest absolute Gasteiger partial charge is 0.264 e. The van der Waals surface area contributed by atoms with E-state index in [2.05, 4.69) is 54.2 Å². The van der Waals surface area contributed by atoms with Gasteiger partial charge in [0.25, 0.3) is 0 Å².